The molecule has 0 radical (unpaired) electrons. The van der Waals surface area contributed by atoms with Crippen LogP contribution in [0.5, 0.6) is 0 Å². The van der Waals surface area contributed by atoms with Gasteiger partial charge in [0, 0.05) is 30.5 Å². The van der Waals surface area contributed by atoms with E-state index in [0.717, 1.165) is 34.3 Å². The van der Waals surface area contributed by atoms with Gasteiger partial charge in [-0.1, -0.05) is 36.0 Å². The minimum absolute atomic E-state index is 0.116. The van der Waals surface area contributed by atoms with Gasteiger partial charge in [-0.2, -0.15) is 0 Å². The number of nitrogens with one attached hydrogen (secondary N) is 1. The fraction of sp³-hybridized carbons (Fsp3) is 0.211. The molecule has 0 atom stereocenters. The van der Waals surface area contributed by atoms with Crippen molar-refractivity contribution < 1.29 is 9.18 Å². The third-order valence-corrected chi connectivity index (χ3v) is 4.79. The summed E-state index contributed by atoms with van der Waals surface area (Å²) < 4.78 is 15.0. The van der Waals surface area contributed by atoms with Crippen molar-refractivity contribution in [3.05, 3.63) is 59.9 Å². The Morgan fingerprint density at radius 1 is 1.19 bits per heavy atom. The number of benzene rings is 2. The third kappa shape index (κ3) is 4.29. The SMILES string of the molecule is CCn1c(SCc2ccc(F)cc2)nnc1-c1cccc(NC(C)=O)c1. The number of nitrogens with zero attached hydrogens (tertiary/aromatic N) is 3. The molecule has 5 nitrogen and oxygen atoms in total. The van der Waals surface area contributed by atoms with E-state index in [0.29, 0.717) is 5.75 Å². The number of aromatic nitrogens is 3. The van der Waals surface area contributed by atoms with Gasteiger partial charge in [-0.05, 0) is 36.8 Å². The molecule has 0 aliphatic rings. The molecule has 26 heavy (non-hydrogen) atoms. The predicted molar refractivity (Wildman–Crippen MR) is 101 cm³/mol. The van der Waals surface area contributed by atoms with Crippen molar-refractivity contribution in [1.29, 1.82) is 0 Å². The second kappa shape index (κ2) is 8.14. The number of hydrogen-bond acceptors (Lipinski definition) is 4. The van der Waals surface area contributed by atoms with Gasteiger partial charge in [-0.25, -0.2) is 4.39 Å². The van der Waals surface area contributed by atoms with Crippen LogP contribution in [0.25, 0.3) is 11.4 Å². The van der Waals surface area contributed by atoms with Crippen LogP contribution in [-0.4, -0.2) is 20.7 Å². The van der Waals surface area contributed by atoms with Crippen molar-refractivity contribution in [3.63, 3.8) is 0 Å². The zero-order valence-corrected chi connectivity index (χ0v) is 15.4. The van der Waals surface area contributed by atoms with E-state index in [4.69, 9.17) is 0 Å². The van der Waals surface area contributed by atoms with Crippen molar-refractivity contribution in [2.45, 2.75) is 31.3 Å². The molecule has 7 heteroatoms. The highest BCUT2D eigenvalue weighted by molar-refractivity contribution is 7.98. The predicted octanol–water partition coefficient (Wildman–Crippen LogP) is 4.35. The van der Waals surface area contributed by atoms with Gasteiger partial charge in [0.05, 0.1) is 0 Å². The van der Waals surface area contributed by atoms with E-state index in [2.05, 4.69) is 15.5 Å². The fourth-order valence-corrected chi connectivity index (χ4v) is 3.52. The van der Waals surface area contributed by atoms with Crippen LogP contribution < -0.4 is 5.32 Å². The van der Waals surface area contributed by atoms with Gasteiger partial charge < -0.3 is 9.88 Å². The number of amides is 1. The fourth-order valence-electron chi connectivity index (χ4n) is 2.56. The van der Waals surface area contributed by atoms with Gasteiger partial charge in [-0.15, -0.1) is 10.2 Å². The summed E-state index contributed by atoms with van der Waals surface area (Å²) in [5, 5.41) is 12.2. The lowest BCUT2D eigenvalue weighted by molar-refractivity contribution is -0.114. The Hall–Kier alpha value is -2.67. The maximum Gasteiger partial charge on any atom is 0.221 e. The van der Waals surface area contributed by atoms with Crippen LogP contribution in [0.3, 0.4) is 0 Å². The Bertz CT molecular complexity index is 908. The van der Waals surface area contributed by atoms with Crippen LogP contribution in [0.15, 0.2) is 53.7 Å². The summed E-state index contributed by atoms with van der Waals surface area (Å²) >= 11 is 1.56. The van der Waals surface area contributed by atoms with E-state index in [1.54, 1.807) is 23.9 Å². The number of thioether (sulfide) groups is 1. The normalized spacial score (nSPS) is 10.7. The largest absolute Gasteiger partial charge is 0.326 e. The summed E-state index contributed by atoms with van der Waals surface area (Å²) in [5.41, 5.74) is 2.64. The smallest absolute Gasteiger partial charge is 0.221 e. The monoisotopic (exact) mass is 370 g/mol. The van der Waals surface area contributed by atoms with Gasteiger partial charge in [0.15, 0.2) is 11.0 Å². The first-order valence-corrected chi connectivity index (χ1v) is 9.24. The first-order valence-electron chi connectivity index (χ1n) is 8.25. The Labute approximate surface area is 155 Å². The first-order chi connectivity index (χ1) is 12.6. The molecule has 0 unspecified atom stereocenters. The number of carbonyl (C=O) groups excluding carboxylic acids is 1. The Kier molecular flexibility index (Phi) is 5.68. The average molecular weight is 370 g/mol. The van der Waals surface area contributed by atoms with Gasteiger partial charge in [0.2, 0.25) is 5.91 Å². The van der Waals surface area contributed by atoms with Crippen molar-refractivity contribution in [2.24, 2.45) is 0 Å². The second-order valence-electron chi connectivity index (χ2n) is 5.73. The summed E-state index contributed by atoms with van der Waals surface area (Å²) in [6, 6.07) is 14.0. The molecule has 0 spiro atoms. The highest BCUT2D eigenvalue weighted by Gasteiger charge is 2.14. The van der Waals surface area contributed by atoms with E-state index in [9.17, 15) is 9.18 Å². The van der Waals surface area contributed by atoms with Crippen molar-refractivity contribution >= 4 is 23.4 Å². The topological polar surface area (TPSA) is 59.8 Å². The summed E-state index contributed by atoms with van der Waals surface area (Å²) in [7, 11) is 0. The van der Waals surface area contributed by atoms with Crippen LogP contribution >= 0.6 is 11.8 Å². The highest BCUT2D eigenvalue weighted by Crippen LogP contribution is 2.27. The van der Waals surface area contributed by atoms with Crippen LogP contribution in [0.1, 0.15) is 19.4 Å². The molecule has 0 aliphatic heterocycles. The molecular weight excluding hydrogens is 351 g/mol. The summed E-state index contributed by atoms with van der Waals surface area (Å²) in [6.45, 7) is 4.23. The summed E-state index contributed by atoms with van der Waals surface area (Å²) in [6.07, 6.45) is 0. The maximum atomic E-state index is 13.0. The van der Waals surface area contributed by atoms with Gasteiger partial charge >= 0.3 is 0 Å². The van der Waals surface area contributed by atoms with E-state index in [-0.39, 0.29) is 11.7 Å². The maximum absolute atomic E-state index is 13.0. The van der Waals surface area contributed by atoms with Crippen LogP contribution in [0.4, 0.5) is 10.1 Å². The molecule has 3 aromatic rings. The lowest BCUT2D eigenvalue weighted by Crippen LogP contribution is -2.06. The van der Waals surface area contributed by atoms with Crippen molar-refractivity contribution in [1.82, 2.24) is 14.8 Å². The molecule has 0 saturated carbocycles. The van der Waals surface area contributed by atoms with Gasteiger partial charge in [0.25, 0.3) is 0 Å². The summed E-state index contributed by atoms with van der Waals surface area (Å²) in [5.74, 6) is 1.08. The van der Waals surface area contributed by atoms with E-state index in [1.807, 2.05) is 35.8 Å². The van der Waals surface area contributed by atoms with Crippen molar-refractivity contribution in [3.8, 4) is 11.4 Å². The molecule has 0 fully saturated rings. The van der Waals surface area contributed by atoms with E-state index >= 15 is 0 Å². The summed E-state index contributed by atoms with van der Waals surface area (Å²) in [4.78, 5) is 11.3. The molecule has 3 rings (SSSR count). The minimum atomic E-state index is -0.239. The molecular formula is C19H19FN4OS. The van der Waals surface area contributed by atoms with Crippen LogP contribution in [0.2, 0.25) is 0 Å². The lowest BCUT2D eigenvalue weighted by atomic mass is 10.2. The molecule has 0 aliphatic carbocycles. The van der Waals surface area contributed by atoms with Crippen LogP contribution in [0, 0.1) is 5.82 Å². The zero-order chi connectivity index (χ0) is 18.5. The molecule has 1 heterocycles. The van der Waals surface area contributed by atoms with E-state index in [1.165, 1.54) is 19.1 Å². The molecule has 0 saturated heterocycles. The average Bonchev–Trinajstić information content (AvgIpc) is 3.04. The van der Waals surface area contributed by atoms with E-state index < -0.39 is 0 Å². The van der Waals surface area contributed by atoms with Gasteiger partial charge in [0.1, 0.15) is 5.82 Å². The molecule has 134 valence electrons. The standard InChI is InChI=1S/C19H19FN4OS/c1-3-24-18(15-5-4-6-17(11-15)21-13(2)25)22-23-19(24)26-12-14-7-9-16(20)10-8-14/h4-11H,3,12H2,1-2H3,(H,21,25). The molecule has 1 aromatic heterocycles. The highest BCUT2D eigenvalue weighted by atomic mass is 32.2. The first kappa shape index (κ1) is 18.1. The minimum Gasteiger partial charge on any atom is -0.326 e. The Morgan fingerprint density at radius 3 is 2.65 bits per heavy atom. The number of halogens is 1. The zero-order valence-electron chi connectivity index (χ0n) is 14.6. The quantitative estimate of drug-likeness (QED) is 0.655. The molecule has 0 bridgehead atoms. The Balaban J connectivity index is 1.81. The lowest BCUT2D eigenvalue weighted by Gasteiger charge is -2.09. The number of carbonyl (C=O) groups is 1. The number of hydrogen-bond donors (Lipinski definition) is 1. The van der Waals surface area contributed by atoms with Crippen molar-refractivity contribution in [2.75, 3.05) is 5.32 Å². The van der Waals surface area contributed by atoms with Crippen LogP contribution in [-0.2, 0) is 17.1 Å². The third-order valence-electron chi connectivity index (χ3n) is 3.76. The molecule has 1 N–H and O–H groups in total. The number of anilines is 1. The number of rotatable bonds is 6. The second-order valence-corrected chi connectivity index (χ2v) is 6.67. The molecule has 1 amide bonds. The Morgan fingerprint density at radius 2 is 1.96 bits per heavy atom. The molecule has 2 aromatic carbocycles. The van der Waals surface area contributed by atoms with Gasteiger partial charge in [-0.3, -0.25) is 4.79 Å².